The SMILES string of the molecule is CCNC(Cc1ncnn1CC(C)C)C1COC(C)C1. The molecule has 0 bridgehead atoms. The van der Waals surface area contributed by atoms with Gasteiger partial charge in [-0.2, -0.15) is 5.10 Å². The highest BCUT2D eigenvalue weighted by atomic mass is 16.5. The molecule has 1 aromatic rings. The number of aromatic nitrogens is 3. The number of nitrogens with zero attached hydrogens (tertiary/aromatic N) is 3. The van der Waals surface area contributed by atoms with E-state index in [1.165, 1.54) is 0 Å². The van der Waals surface area contributed by atoms with E-state index in [9.17, 15) is 0 Å². The minimum absolute atomic E-state index is 0.384. The van der Waals surface area contributed by atoms with E-state index in [0.717, 1.165) is 38.4 Å². The van der Waals surface area contributed by atoms with Gasteiger partial charge in [0.25, 0.3) is 0 Å². The third-order valence-electron chi connectivity index (χ3n) is 3.90. The largest absolute Gasteiger partial charge is 0.378 e. The van der Waals surface area contributed by atoms with Gasteiger partial charge in [0.15, 0.2) is 0 Å². The molecule has 0 aromatic carbocycles. The molecule has 5 nitrogen and oxygen atoms in total. The summed E-state index contributed by atoms with van der Waals surface area (Å²) in [5, 5.41) is 7.96. The van der Waals surface area contributed by atoms with Crippen LogP contribution in [-0.4, -0.2) is 40.1 Å². The highest BCUT2D eigenvalue weighted by molar-refractivity contribution is 4.94. The van der Waals surface area contributed by atoms with Gasteiger partial charge in [-0.15, -0.1) is 0 Å². The summed E-state index contributed by atoms with van der Waals surface area (Å²) in [6, 6.07) is 0.431. The maximum atomic E-state index is 5.72. The van der Waals surface area contributed by atoms with Crippen molar-refractivity contribution in [3.63, 3.8) is 0 Å². The van der Waals surface area contributed by atoms with Gasteiger partial charge in [-0.05, 0) is 25.8 Å². The van der Waals surface area contributed by atoms with Crippen molar-refractivity contribution in [3.8, 4) is 0 Å². The molecular formula is C15H28N4O. The average Bonchev–Trinajstić information content (AvgIpc) is 2.98. The Morgan fingerprint density at radius 3 is 2.90 bits per heavy atom. The van der Waals surface area contributed by atoms with Crippen LogP contribution in [0.15, 0.2) is 6.33 Å². The molecule has 2 heterocycles. The first kappa shape index (κ1) is 15.4. The lowest BCUT2D eigenvalue weighted by Crippen LogP contribution is -2.39. The maximum Gasteiger partial charge on any atom is 0.138 e. The normalized spacial score (nSPS) is 24.4. The number of hydrogen-bond donors (Lipinski definition) is 1. The third kappa shape index (κ3) is 4.03. The van der Waals surface area contributed by atoms with Crippen LogP contribution in [0.25, 0.3) is 0 Å². The molecule has 114 valence electrons. The Labute approximate surface area is 122 Å². The Balaban J connectivity index is 2.02. The van der Waals surface area contributed by atoms with Crippen LogP contribution in [0.4, 0.5) is 0 Å². The summed E-state index contributed by atoms with van der Waals surface area (Å²) in [4.78, 5) is 4.45. The number of likely N-dealkylation sites (N-methyl/N-ethyl adjacent to an activating group) is 1. The Kier molecular flexibility index (Phi) is 5.54. The van der Waals surface area contributed by atoms with Crippen molar-refractivity contribution in [1.82, 2.24) is 20.1 Å². The summed E-state index contributed by atoms with van der Waals surface area (Å²) in [5.74, 6) is 2.25. The van der Waals surface area contributed by atoms with Crippen molar-refractivity contribution in [2.24, 2.45) is 11.8 Å². The van der Waals surface area contributed by atoms with Crippen molar-refractivity contribution >= 4 is 0 Å². The quantitative estimate of drug-likeness (QED) is 0.828. The van der Waals surface area contributed by atoms with Crippen molar-refractivity contribution in [3.05, 3.63) is 12.2 Å². The highest BCUT2D eigenvalue weighted by Crippen LogP contribution is 2.24. The molecule has 1 aliphatic heterocycles. The van der Waals surface area contributed by atoms with Crippen LogP contribution in [0.5, 0.6) is 0 Å². The van der Waals surface area contributed by atoms with E-state index in [2.05, 4.69) is 43.1 Å². The summed E-state index contributed by atoms with van der Waals surface area (Å²) in [7, 11) is 0. The van der Waals surface area contributed by atoms with E-state index in [1.807, 2.05) is 4.68 Å². The molecule has 2 rings (SSSR count). The number of rotatable bonds is 7. The molecule has 3 atom stereocenters. The molecule has 1 aromatic heterocycles. The molecule has 5 heteroatoms. The molecule has 1 N–H and O–H groups in total. The van der Waals surface area contributed by atoms with Crippen molar-refractivity contribution in [1.29, 1.82) is 0 Å². The van der Waals surface area contributed by atoms with Gasteiger partial charge in [-0.1, -0.05) is 20.8 Å². The highest BCUT2D eigenvalue weighted by Gasteiger charge is 2.30. The topological polar surface area (TPSA) is 52.0 Å². The Bertz CT molecular complexity index is 404. The van der Waals surface area contributed by atoms with E-state index in [0.29, 0.717) is 24.0 Å². The lowest BCUT2D eigenvalue weighted by molar-refractivity contribution is 0.116. The van der Waals surface area contributed by atoms with E-state index in [1.54, 1.807) is 6.33 Å². The summed E-state index contributed by atoms with van der Waals surface area (Å²) in [6.45, 7) is 11.5. The van der Waals surface area contributed by atoms with Crippen molar-refractivity contribution < 1.29 is 4.74 Å². The van der Waals surface area contributed by atoms with Gasteiger partial charge in [-0.3, -0.25) is 0 Å². The Morgan fingerprint density at radius 2 is 2.30 bits per heavy atom. The Morgan fingerprint density at radius 1 is 1.50 bits per heavy atom. The molecule has 0 saturated carbocycles. The zero-order valence-corrected chi connectivity index (χ0v) is 13.2. The number of ether oxygens (including phenoxy) is 1. The lowest BCUT2D eigenvalue weighted by atomic mass is 9.94. The first-order valence-corrected chi connectivity index (χ1v) is 7.81. The standard InChI is InChI=1S/C15H28N4O/c1-5-16-14(13-6-12(4)20-9-13)7-15-17-10-18-19(15)8-11(2)3/h10-14,16H,5-9H2,1-4H3. The van der Waals surface area contributed by atoms with Crippen LogP contribution >= 0.6 is 0 Å². The van der Waals surface area contributed by atoms with Crippen molar-refractivity contribution in [2.45, 2.75) is 59.2 Å². The molecule has 3 unspecified atom stereocenters. The molecule has 20 heavy (non-hydrogen) atoms. The van der Waals surface area contributed by atoms with Gasteiger partial charge in [0, 0.05) is 24.9 Å². The minimum atomic E-state index is 0.384. The molecule has 0 aliphatic carbocycles. The summed E-state index contributed by atoms with van der Waals surface area (Å²) in [5.41, 5.74) is 0. The lowest BCUT2D eigenvalue weighted by Gasteiger charge is -2.23. The monoisotopic (exact) mass is 280 g/mol. The van der Waals surface area contributed by atoms with Crippen LogP contribution in [-0.2, 0) is 17.7 Å². The number of nitrogens with one attached hydrogen (secondary N) is 1. The Hall–Kier alpha value is -0.940. The van der Waals surface area contributed by atoms with Gasteiger partial charge < -0.3 is 10.1 Å². The second-order valence-electron chi connectivity index (χ2n) is 6.26. The molecule has 1 saturated heterocycles. The van der Waals surface area contributed by atoms with Gasteiger partial charge in [0.2, 0.25) is 0 Å². The summed E-state index contributed by atoms with van der Waals surface area (Å²) >= 11 is 0. The minimum Gasteiger partial charge on any atom is -0.378 e. The summed E-state index contributed by atoms with van der Waals surface area (Å²) < 4.78 is 7.77. The molecular weight excluding hydrogens is 252 g/mol. The molecule has 1 aliphatic rings. The fourth-order valence-electron chi connectivity index (χ4n) is 2.94. The van der Waals surface area contributed by atoms with Gasteiger partial charge >= 0.3 is 0 Å². The smallest absolute Gasteiger partial charge is 0.138 e. The van der Waals surface area contributed by atoms with Crippen LogP contribution < -0.4 is 5.32 Å². The van der Waals surface area contributed by atoms with E-state index < -0.39 is 0 Å². The zero-order valence-electron chi connectivity index (χ0n) is 13.2. The van der Waals surface area contributed by atoms with E-state index in [-0.39, 0.29) is 0 Å². The predicted octanol–water partition coefficient (Wildman–Crippen LogP) is 1.88. The van der Waals surface area contributed by atoms with Gasteiger partial charge in [0.1, 0.15) is 12.2 Å². The second kappa shape index (κ2) is 7.18. The first-order valence-electron chi connectivity index (χ1n) is 7.81. The van der Waals surface area contributed by atoms with E-state index >= 15 is 0 Å². The van der Waals surface area contributed by atoms with Crippen LogP contribution in [0.1, 0.15) is 39.9 Å². The third-order valence-corrected chi connectivity index (χ3v) is 3.90. The average molecular weight is 280 g/mol. The zero-order chi connectivity index (χ0) is 14.5. The van der Waals surface area contributed by atoms with Gasteiger partial charge in [-0.25, -0.2) is 9.67 Å². The van der Waals surface area contributed by atoms with E-state index in [4.69, 9.17) is 4.74 Å². The fourth-order valence-corrected chi connectivity index (χ4v) is 2.94. The fraction of sp³-hybridized carbons (Fsp3) is 0.867. The summed E-state index contributed by atoms with van der Waals surface area (Å²) in [6.07, 6.45) is 4.13. The van der Waals surface area contributed by atoms with Crippen molar-refractivity contribution in [2.75, 3.05) is 13.2 Å². The van der Waals surface area contributed by atoms with Gasteiger partial charge in [0.05, 0.1) is 12.7 Å². The second-order valence-corrected chi connectivity index (χ2v) is 6.26. The maximum absolute atomic E-state index is 5.72. The number of hydrogen-bond acceptors (Lipinski definition) is 4. The van der Waals surface area contributed by atoms with Crippen LogP contribution in [0, 0.1) is 11.8 Å². The molecule has 0 radical (unpaired) electrons. The molecule has 1 fully saturated rings. The predicted molar refractivity (Wildman–Crippen MR) is 79.5 cm³/mol. The first-order chi connectivity index (χ1) is 9.60. The molecule has 0 spiro atoms. The molecule has 0 amide bonds. The van der Waals surface area contributed by atoms with Crippen LogP contribution in [0.2, 0.25) is 0 Å². The van der Waals surface area contributed by atoms with Crippen LogP contribution in [0.3, 0.4) is 0 Å².